The summed E-state index contributed by atoms with van der Waals surface area (Å²) in [5.74, 6) is -49.9. The van der Waals surface area contributed by atoms with Crippen molar-refractivity contribution < 1.29 is 157 Å². The number of amides is 1. The fourth-order valence-corrected chi connectivity index (χ4v) is 7.64. The Morgan fingerprint density at radius 2 is 1.06 bits per heavy atom. The Bertz CT molecular complexity index is 2650. The largest absolute Gasteiger partial charge is 0.623 e. The summed E-state index contributed by atoms with van der Waals surface area (Å²) in [5.41, 5.74) is -1.51. The van der Waals surface area contributed by atoms with E-state index >= 15 is 0 Å². The number of halogens is 13. The van der Waals surface area contributed by atoms with Gasteiger partial charge in [-0.2, -0.15) is 57.1 Å². The second-order valence-electron chi connectivity index (χ2n) is 19.5. The van der Waals surface area contributed by atoms with Gasteiger partial charge in [0.05, 0.1) is 0 Å². The van der Waals surface area contributed by atoms with Gasteiger partial charge in [-0.3, -0.25) is 47.9 Å². The maximum absolute atomic E-state index is 14.3. The quantitative estimate of drug-likeness (QED) is 0.0183. The third-order valence-corrected chi connectivity index (χ3v) is 11.9. The smallest absolute Gasteiger partial charge is 0.460 e. The summed E-state index contributed by atoms with van der Waals surface area (Å²) >= 11 is 0. The molecule has 0 aromatic heterocycles. The van der Waals surface area contributed by atoms with E-state index in [0.717, 1.165) is 75.5 Å². The predicted octanol–water partition coefficient (Wildman–Crippen LogP) is 5.71. The van der Waals surface area contributed by atoms with Crippen LogP contribution in [0, 0.1) is 5.21 Å². The number of nitrogens with zero attached hydrogens (tertiary/aromatic N) is 1. The van der Waals surface area contributed by atoms with Crippen molar-refractivity contribution in [2.45, 2.75) is 198 Å². The zero-order valence-electron chi connectivity index (χ0n) is 47.0. The van der Waals surface area contributed by atoms with Crippen LogP contribution >= 0.6 is 0 Å². The molecule has 1 heterocycles. The predicted molar refractivity (Wildman–Crippen MR) is 256 cm³/mol. The van der Waals surface area contributed by atoms with Crippen LogP contribution in [0.4, 0.5) is 57.1 Å². The number of carbonyl (C=O) groups is 10. The number of benzene rings is 1. The highest BCUT2D eigenvalue weighted by Gasteiger charge is 2.90. The molecular formula is C50H59F13N2O21. The Kier molecular flexibility index (Phi) is 25.9. The number of Topliss-reactive ketones (excluding diaryl/α,β-unsaturated/α-hetero) is 1. The van der Waals surface area contributed by atoms with Gasteiger partial charge in [0.1, 0.15) is 31.2 Å². The first-order valence-corrected chi connectivity index (χ1v) is 24.9. The van der Waals surface area contributed by atoms with Crippen LogP contribution in [-0.4, -0.2) is 180 Å². The normalized spacial score (nSPS) is 19.5. The van der Waals surface area contributed by atoms with Crippen LogP contribution in [0.2, 0.25) is 0 Å². The van der Waals surface area contributed by atoms with Gasteiger partial charge in [-0.1, -0.05) is 12.1 Å². The molecule has 23 nitrogen and oxygen atoms in total. The van der Waals surface area contributed by atoms with Gasteiger partial charge in [0, 0.05) is 107 Å². The van der Waals surface area contributed by atoms with Crippen LogP contribution in [0.1, 0.15) is 106 Å². The van der Waals surface area contributed by atoms with Gasteiger partial charge in [0.15, 0.2) is 48.6 Å². The lowest BCUT2D eigenvalue weighted by Crippen LogP contribution is -2.70. The average Bonchev–Trinajstić information content (AvgIpc) is 0.733. The Balaban J connectivity index is 2.55. The number of esters is 8. The molecule has 36 heteroatoms. The van der Waals surface area contributed by atoms with E-state index < -0.39 is 201 Å². The number of ether oxygens (including phenoxy) is 10. The second-order valence-corrected chi connectivity index (χ2v) is 19.5. The number of nitrogens with one attached hydrogen (secondary N) is 1. The molecule has 2 rings (SSSR count). The van der Waals surface area contributed by atoms with Crippen molar-refractivity contribution in [3.05, 3.63) is 40.6 Å². The maximum Gasteiger partial charge on any atom is 0.460 e. The Morgan fingerprint density at radius 1 is 0.581 bits per heavy atom. The summed E-state index contributed by atoms with van der Waals surface area (Å²) < 4.78 is 231. The minimum Gasteiger partial charge on any atom is -0.623 e. The Morgan fingerprint density at radius 3 is 1.53 bits per heavy atom. The van der Waals surface area contributed by atoms with E-state index in [4.69, 9.17) is 47.4 Å². The van der Waals surface area contributed by atoms with E-state index in [0.29, 0.717) is 0 Å². The van der Waals surface area contributed by atoms with Crippen LogP contribution in [0.25, 0.3) is 0 Å². The van der Waals surface area contributed by atoms with Gasteiger partial charge >= 0.3 is 83.5 Å². The van der Waals surface area contributed by atoms with Gasteiger partial charge in [0.2, 0.25) is 6.10 Å². The highest BCUT2D eigenvalue weighted by atomic mass is 19.4. The summed E-state index contributed by atoms with van der Waals surface area (Å²) in [6.45, 7) is 6.86. The number of hydroxylamine groups is 1. The standard InChI is InChI=1S/C50H59F13N2O21/c1-23(66)77-21-34(79-25(3)68)37(86-43-41(84-30(8)73)39(82-28(6)71)36(80-26(4)69)35(85-43)22-78-24(2)67)38(81-27(5)70)40(83-29(7)72)42(75)64-19-31-11-13-32(14-12-31)20-65(76)44(9,10)17-15-33(74)16-18-45(51,52)46(53,54)47(55,56)48(57,58)49(59,60)50(61,62)63/h11-14,20,34-41,43H,15-19,21-22H2,1-10H3,(H,64,75)/b65-20-/t34?,35?,36-,37-,38-,39-,40?,41?,43-/m0/s1. The van der Waals surface area contributed by atoms with Gasteiger partial charge in [0.25, 0.3) is 5.91 Å². The molecule has 1 aromatic rings. The molecule has 1 aliphatic heterocycles. The third kappa shape index (κ3) is 19.8. The second kappa shape index (κ2) is 29.8. The Labute approximate surface area is 479 Å². The molecule has 1 amide bonds. The first-order chi connectivity index (χ1) is 39.1. The van der Waals surface area contributed by atoms with Gasteiger partial charge in [-0.15, -0.1) is 0 Å². The third-order valence-electron chi connectivity index (χ3n) is 11.9. The maximum atomic E-state index is 14.3. The molecule has 0 bridgehead atoms. The average molecular weight is 1270 g/mol. The van der Waals surface area contributed by atoms with E-state index in [2.05, 4.69) is 5.32 Å². The van der Waals surface area contributed by atoms with Crippen molar-refractivity contribution in [3.63, 3.8) is 0 Å². The van der Waals surface area contributed by atoms with E-state index in [9.17, 15) is 110 Å². The number of hydrogen-bond donors (Lipinski definition) is 1. The van der Waals surface area contributed by atoms with E-state index in [-0.39, 0.29) is 15.9 Å². The summed E-state index contributed by atoms with van der Waals surface area (Å²) in [7, 11) is 0. The lowest BCUT2D eigenvalue weighted by Gasteiger charge is -2.46. The monoisotopic (exact) mass is 1270 g/mol. The van der Waals surface area contributed by atoms with E-state index in [1.165, 1.54) is 24.3 Å². The first-order valence-electron chi connectivity index (χ1n) is 24.9. The minimum atomic E-state index is -8.12. The molecule has 0 radical (unpaired) electrons. The highest BCUT2D eigenvalue weighted by Crippen LogP contribution is 2.61. The van der Waals surface area contributed by atoms with Crippen LogP contribution in [0.3, 0.4) is 0 Å². The molecule has 9 atom stereocenters. The lowest BCUT2D eigenvalue weighted by atomic mass is 9.90. The number of rotatable bonds is 30. The first kappa shape index (κ1) is 74.7. The topological polar surface area (TPSA) is 301 Å². The zero-order valence-corrected chi connectivity index (χ0v) is 47.0. The number of ketones is 1. The molecule has 486 valence electrons. The van der Waals surface area contributed by atoms with Crippen LogP contribution < -0.4 is 5.32 Å². The van der Waals surface area contributed by atoms with Crippen LogP contribution in [-0.2, 0) is 102 Å². The van der Waals surface area contributed by atoms with Crippen molar-refractivity contribution in [2.24, 2.45) is 0 Å². The van der Waals surface area contributed by atoms with Crippen molar-refractivity contribution in [3.8, 4) is 0 Å². The minimum absolute atomic E-state index is 0.0457. The van der Waals surface area contributed by atoms with Crippen LogP contribution in [0.5, 0.6) is 0 Å². The highest BCUT2D eigenvalue weighted by molar-refractivity contribution is 5.85. The SMILES string of the molecule is CC(=O)OCC(OC(C)=O)[C@H](O[C@@H]1OC(COC(C)=O)[C@H](OC(C)=O)[C@H](OC(C)=O)C1OC(C)=O)[C@H](OC(C)=O)C(OC(C)=O)C(=O)NCc1ccc(/C=[N+](\[O-])C(C)(C)CCC(=O)CCC(F)(F)C(F)(F)C(F)(F)C(F)(F)C(F)(F)C(F)(F)F)cc1. The van der Waals surface area contributed by atoms with Crippen molar-refractivity contribution in [1.29, 1.82) is 0 Å². The van der Waals surface area contributed by atoms with Crippen LogP contribution in [0.15, 0.2) is 24.3 Å². The molecular weight excluding hydrogens is 1210 g/mol. The molecule has 86 heavy (non-hydrogen) atoms. The molecule has 0 saturated carbocycles. The molecule has 0 aliphatic carbocycles. The van der Waals surface area contributed by atoms with E-state index in [1.807, 2.05) is 0 Å². The van der Waals surface area contributed by atoms with Crippen molar-refractivity contribution in [2.75, 3.05) is 13.2 Å². The molecule has 1 saturated heterocycles. The lowest BCUT2D eigenvalue weighted by molar-refractivity contribution is -0.537. The fourth-order valence-electron chi connectivity index (χ4n) is 7.64. The summed E-state index contributed by atoms with van der Waals surface area (Å²) in [6.07, 6.45) is -31.7. The van der Waals surface area contributed by atoms with Crippen molar-refractivity contribution in [1.82, 2.24) is 5.32 Å². The molecule has 0 spiro atoms. The fraction of sp³-hybridized carbons (Fsp3) is 0.660. The number of alkyl halides is 13. The van der Waals surface area contributed by atoms with Crippen molar-refractivity contribution >= 4 is 65.7 Å². The molecule has 1 aliphatic rings. The number of carbonyl (C=O) groups excluding carboxylic acids is 10. The van der Waals surface area contributed by atoms with Gasteiger partial charge in [-0.05, 0) is 17.7 Å². The zero-order chi connectivity index (χ0) is 66.5. The number of hydrogen-bond acceptors (Lipinski definition) is 21. The summed E-state index contributed by atoms with van der Waals surface area (Å²) in [6, 6.07) is 5.02. The molecule has 1 aromatic carbocycles. The summed E-state index contributed by atoms with van der Waals surface area (Å²) in [5, 5.41) is 15.6. The Hall–Kier alpha value is -7.40. The van der Waals surface area contributed by atoms with Gasteiger partial charge in [-0.25, -0.2) is 4.74 Å². The van der Waals surface area contributed by atoms with E-state index in [1.54, 1.807) is 0 Å². The summed E-state index contributed by atoms with van der Waals surface area (Å²) in [4.78, 5) is 127. The molecule has 1 fully saturated rings. The molecule has 1 N–H and O–H groups in total. The van der Waals surface area contributed by atoms with Gasteiger partial charge < -0.3 is 57.9 Å². The molecule has 4 unspecified atom stereocenters.